The Kier molecular flexibility index (Phi) is 11.2. The number of benzene rings is 2. The van der Waals surface area contributed by atoms with E-state index in [-0.39, 0.29) is 31.3 Å². The molecule has 6 nitrogen and oxygen atoms in total. The van der Waals surface area contributed by atoms with Crippen LogP contribution in [0.2, 0.25) is 10.0 Å². The molecule has 0 aliphatic heterocycles. The number of nitrogens with zero attached hydrogens (tertiary/aromatic N) is 2. The van der Waals surface area contributed by atoms with Gasteiger partial charge in [-0.05, 0) is 37.0 Å². The summed E-state index contributed by atoms with van der Waals surface area (Å²) in [6, 6.07) is 15.7. The van der Waals surface area contributed by atoms with E-state index in [2.05, 4.69) is 36.2 Å². The molecule has 0 atom stereocenters. The lowest BCUT2D eigenvalue weighted by atomic mass is 10.0. The van der Waals surface area contributed by atoms with E-state index < -0.39 is 0 Å². The van der Waals surface area contributed by atoms with Crippen LogP contribution in [0, 0.1) is 5.92 Å². The Morgan fingerprint density at radius 2 is 1.84 bits per heavy atom. The van der Waals surface area contributed by atoms with E-state index in [9.17, 15) is 9.59 Å². The summed E-state index contributed by atoms with van der Waals surface area (Å²) in [6.07, 6.45) is 1.31. The van der Waals surface area contributed by atoms with Gasteiger partial charge in [0.25, 0.3) is 0 Å². The number of esters is 1. The summed E-state index contributed by atoms with van der Waals surface area (Å²) in [5.41, 5.74) is 2.94. The summed E-state index contributed by atoms with van der Waals surface area (Å²) in [6.45, 7) is 7.81. The molecule has 1 amide bonds. The van der Waals surface area contributed by atoms with Crippen LogP contribution in [0.5, 0.6) is 0 Å². The quantitative estimate of drug-likeness (QED) is 0.233. The predicted molar refractivity (Wildman–Crippen MR) is 152 cm³/mol. The summed E-state index contributed by atoms with van der Waals surface area (Å²) in [5, 5.41) is 4.66. The molecular formula is C28H33Cl2N3O3S. The summed E-state index contributed by atoms with van der Waals surface area (Å²) in [5.74, 6) is 0.0115. The van der Waals surface area contributed by atoms with E-state index in [1.54, 1.807) is 24.3 Å². The Balaban J connectivity index is 1.82. The van der Waals surface area contributed by atoms with Crippen molar-refractivity contribution < 1.29 is 14.3 Å². The van der Waals surface area contributed by atoms with Gasteiger partial charge in [0.05, 0.1) is 28.8 Å². The molecule has 3 rings (SSSR count). The van der Waals surface area contributed by atoms with Gasteiger partial charge in [-0.2, -0.15) is 0 Å². The second-order valence-corrected chi connectivity index (χ2v) is 10.9. The lowest BCUT2D eigenvalue weighted by Crippen LogP contribution is -2.32. The second kappa shape index (κ2) is 14.4. The molecule has 0 saturated heterocycles. The first kappa shape index (κ1) is 29.0. The van der Waals surface area contributed by atoms with Crippen LogP contribution >= 0.6 is 34.5 Å². The van der Waals surface area contributed by atoms with Crippen LogP contribution in [0.4, 0.5) is 5.13 Å². The standard InChI is InChI=1S/C28H33Cl2N3O3S/c1-4-36-26(35)12-14-31-25(34)13-15-33(18-20-8-6-5-7-9-20)28-32-27(24(37-28)16-19(2)3)21-10-11-22(29)23(30)17-21/h5-11,17,19H,4,12-16,18H2,1-3H3,(H,31,34). The number of anilines is 1. The van der Waals surface area contributed by atoms with Gasteiger partial charge < -0.3 is 15.0 Å². The number of carbonyl (C=O) groups excluding carboxylic acids is 2. The minimum absolute atomic E-state index is 0.119. The molecule has 0 bridgehead atoms. The summed E-state index contributed by atoms with van der Waals surface area (Å²) >= 11 is 14.1. The molecule has 0 spiro atoms. The highest BCUT2D eigenvalue weighted by Crippen LogP contribution is 2.37. The summed E-state index contributed by atoms with van der Waals surface area (Å²) in [4.78, 5) is 32.4. The average Bonchev–Trinajstić information content (AvgIpc) is 3.27. The largest absolute Gasteiger partial charge is 0.466 e. The van der Waals surface area contributed by atoms with Gasteiger partial charge in [-0.3, -0.25) is 9.59 Å². The molecule has 0 aliphatic rings. The Bertz CT molecular complexity index is 1180. The van der Waals surface area contributed by atoms with Crippen molar-refractivity contribution in [2.75, 3.05) is 24.6 Å². The smallest absolute Gasteiger partial charge is 0.307 e. The van der Waals surface area contributed by atoms with Gasteiger partial charge in [0.1, 0.15) is 0 Å². The molecule has 0 saturated carbocycles. The number of thiazole rings is 1. The number of amides is 1. The fraction of sp³-hybridized carbons (Fsp3) is 0.393. The number of hydrogen-bond acceptors (Lipinski definition) is 6. The van der Waals surface area contributed by atoms with Crippen LogP contribution in [-0.2, 0) is 27.3 Å². The van der Waals surface area contributed by atoms with Crippen molar-refractivity contribution in [1.82, 2.24) is 10.3 Å². The zero-order chi connectivity index (χ0) is 26.8. The third-order valence-electron chi connectivity index (χ3n) is 5.52. The van der Waals surface area contributed by atoms with Crippen molar-refractivity contribution in [2.24, 2.45) is 5.92 Å². The molecule has 0 unspecified atom stereocenters. The molecule has 0 fully saturated rings. The third-order valence-corrected chi connectivity index (χ3v) is 7.40. The van der Waals surface area contributed by atoms with E-state index in [4.69, 9.17) is 32.9 Å². The van der Waals surface area contributed by atoms with E-state index in [0.29, 0.717) is 35.7 Å². The van der Waals surface area contributed by atoms with Crippen LogP contribution in [0.25, 0.3) is 11.3 Å². The number of hydrogen-bond donors (Lipinski definition) is 1. The van der Waals surface area contributed by atoms with E-state index in [1.165, 1.54) is 4.88 Å². The van der Waals surface area contributed by atoms with Gasteiger partial charge in [-0.25, -0.2) is 4.98 Å². The van der Waals surface area contributed by atoms with Crippen LogP contribution in [0.15, 0.2) is 48.5 Å². The maximum absolute atomic E-state index is 12.5. The fourth-order valence-corrected chi connectivity index (χ4v) is 5.38. The first-order chi connectivity index (χ1) is 17.8. The Hall–Kier alpha value is -2.61. The molecule has 3 aromatic rings. The highest BCUT2D eigenvalue weighted by atomic mass is 35.5. The number of rotatable bonds is 13. The summed E-state index contributed by atoms with van der Waals surface area (Å²) < 4.78 is 4.92. The first-order valence-corrected chi connectivity index (χ1v) is 14.0. The monoisotopic (exact) mass is 561 g/mol. The molecule has 2 aromatic carbocycles. The average molecular weight is 563 g/mol. The molecule has 198 valence electrons. The highest BCUT2D eigenvalue weighted by Gasteiger charge is 2.20. The fourth-order valence-electron chi connectivity index (χ4n) is 3.76. The van der Waals surface area contributed by atoms with Gasteiger partial charge in [-0.1, -0.05) is 73.4 Å². The molecule has 1 N–H and O–H groups in total. The highest BCUT2D eigenvalue weighted by molar-refractivity contribution is 7.16. The van der Waals surface area contributed by atoms with Gasteiger partial charge in [0, 0.05) is 36.5 Å². The number of ether oxygens (including phenoxy) is 1. The van der Waals surface area contributed by atoms with Crippen LogP contribution in [0.3, 0.4) is 0 Å². The Labute approximate surface area is 233 Å². The molecular weight excluding hydrogens is 529 g/mol. The van der Waals surface area contributed by atoms with Crippen molar-refractivity contribution in [3.63, 3.8) is 0 Å². The lowest BCUT2D eigenvalue weighted by molar-refractivity contribution is -0.143. The Morgan fingerprint density at radius 3 is 2.51 bits per heavy atom. The van der Waals surface area contributed by atoms with Gasteiger partial charge >= 0.3 is 5.97 Å². The predicted octanol–water partition coefficient (Wildman–Crippen LogP) is 6.78. The number of carbonyl (C=O) groups is 2. The number of halogens is 2. The number of aromatic nitrogens is 1. The lowest BCUT2D eigenvalue weighted by Gasteiger charge is -2.22. The minimum Gasteiger partial charge on any atom is -0.466 e. The van der Waals surface area contributed by atoms with Crippen molar-refractivity contribution in [1.29, 1.82) is 0 Å². The van der Waals surface area contributed by atoms with Crippen molar-refractivity contribution in [2.45, 2.75) is 46.6 Å². The van der Waals surface area contributed by atoms with Crippen LogP contribution in [0.1, 0.15) is 44.1 Å². The molecule has 9 heteroatoms. The van der Waals surface area contributed by atoms with Gasteiger partial charge in [0.2, 0.25) is 5.91 Å². The summed E-state index contributed by atoms with van der Waals surface area (Å²) in [7, 11) is 0. The maximum atomic E-state index is 12.5. The molecule has 37 heavy (non-hydrogen) atoms. The first-order valence-electron chi connectivity index (χ1n) is 12.4. The van der Waals surface area contributed by atoms with E-state index in [0.717, 1.165) is 28.4 Å². The van der Waals surface area contributed by atoms with Crippen molar-refractivity contribution in [3.05, 3.63) is 69.0 Å². The molecule has 0 aliphatic carbocycles. The number of nitrogens with one attached hydrogen (secondary N) is 1. The van der Waals surface area contributed by atoms with Gasteiger partial charge in [-0.15, -0.1) is 11.3 Å². The zero-order valence-corrected chi connectivity index (χ0v) is 23.8. The third kappa shape index (κ3) is 9.02. The molecule has 0 radical (unpaired) electrons. The zero-order valence-electron chi connectivity index (χ0n) is 21.4. The van der Waals surface area contributed by atoms with Crippen molar-refractivity contribution in [3.8, 4) is 11.3 Å². The van der Waals surface area contributed by atoms with E-state index in [1.807, 2.05) is 30.3 Å². The topological polar surface area (TPSA) is 71.5 Å². The molecule has 1 heterocycles. The molecule has 1 aromatic heterocycles. The normalized spacial score (nSPS) is 11.0. The van der Waals surface area contributed by atoms with Crippen molar-refractivity contribution >= 4 is 51.5 Å². The Morgan fingerprint density at radius 1 is 1.08 bits per heavy atom. The van der Waals surface area contributed by atoms with Crippen LogP contribution < -0.4 is 10.2 Å². The maximum Gasteiger partial charge on any atom is 0.307 e. The van der Waals surface area contributed by atoms with Crippen LogP contribution in [-0.4, -0.2) is 36.6 Å². The van der Waals surface area contributed by atoms with Gasteiger partial charge in [0.15, 0.2) is 5.13 Å². The second-order valence-electron chi connectivity index (χ2n) is 9.06. The minimum atomic E-state index is -0.316. The van der Waals surface area contributed by atoms with E-state index >= 15 is 0 Å². The SMILES string of the molecule is CCOC(=O)CCNC(=O)CCN(Cc1ccccc1)c1nc(-c2ccc(Cl)c(Cl)c2)c(CC(C)C)s1.